The third kappa shape index (κ3) is 3.86. The average Bonchev–Trinajstić information content (AvgIpc) is 2.50. The largest absolute Gasteiger partial charge is 0.375 e. The molecule has 1 N–H and O–H groups in total. The van der Waals surface area contributed by atoms with Crippen molar-refractivity contribution >= 4 is 21.8 Å². The first-order valence-electron chi connectivity index (χ1n) is 7.70. The fourth-order valence-corrected chi connectivity index (χ4v) is 3.28. The van der Waals surface area contributed by atoms with E-state index >= 15 is 0 Å². The molecule has 1 saturated heterocycles. The van der Waals surface area contributed by atoms with Crippen LogP contribution < -0.4 is 5.32 Å². The third-order valence-corrected chi connectivity index (χ3v) is 5.41. The number of aryl methyl sites for hydroxylation is 1. The van der Waals surface area contributed by atoms with Gasteiger partial charge in [-0.1, -0.05) is 35.8 Å². The molecule has 1 aliphatic rings. The minimum atomic E-state index is -0.0654. The van der Waals surface area contributed by atoms with Gasteiger partial charge in [0.15, 0.2) is 0 Å². The number of halogens is 1. The van der Waals surface area contributed by atoms with Crippen molar-refractivity contribution in [3.63, 3.8) is 0 Å². The molecule has 1 amide bonds. The van der Waals surface area contributed by atoms with Gasteiger partial charge in [0.25, 0.3) is 5.91 Å². The number of amides is 1. The second-order valence-electron chi connectivity index (χ2n) is 5.87. The van der Waals surface area contributed by atoms with E-state index < -0.39 is 0 Å². The SMILES string of the molecule is CCC1(CC)CC(NC(=O)c2ccc(C)c(Br)c2)CCO1. The fraction of sp³-hybridized carbons (Fsp3) is 0.588. The number of rotatable bonds is 4. The highest BCUT2D eigenvalue weighted by Gasteiger charge is 2.35. The topological polar surface area (TPSA) is 38.3 Å². The quantitative estimate of drug-likeness (QED) is 0.879. The summed E-state index contributed by atoms with van der Waals surface area (Å²) in [6.07, 6.45) is 3.77. The van der Waals surface area contributed by atoms with Crippen molar-refractivity contribution in [3.8, 4) is 0 Å². The maximum absolute atomic E-state index is 12.4. The zero-order valence-corrected chi connectivity index (χ0v) is 14.6. The molecule has 21 heavy (non-hydrogen) atoms. The summed E-state index contributed by atoms with van der Waals surface area (Å²) in [4.78, 5) is 12.4. The van der Waals surface area contributed by atoms with Gasteiger partial charge in [-0.2, -0.15) is 0 Å². The van der Waals surface area contributed by atoms with Gasteiger partial charge in [-0.25, -0.2) is 0 Å². The van der Waals surface area contributed by atoms with Gasteiger partial charge < -0.3 is 10.1 Å². The Morgan fingerprint density at radius 2 is 2.14 bits per heavy atom. The molecule has 3 nitrogen and oxygen atoms in total. The summed E-state index contributed by atoms with van der Waals surface area (Å²) < 4.78 is 6.93. The van der Waals surface area contributed by atoms with E-state index in [1.807, 2.05) is 25.1 Å². The number of hydrogen-bond donors (Lipinski definition) is 1. The maximum Gasteiger partial charge on any atom is 0.251 e. The van der Waals surface area contributed by atoms with Crippen LogP contribution in [0.25, 0.3) is 0 Å². The van der Waals surface area contributed by atoms with E-state index in [-0.39, 0.29) is 17.6 Å². The molecular weight excluding hydrogens is 330 g/mol. The highest BCUT2D eigenvalue weighted by atomic mass is 79.9. The lowest BCUT2D eigenvalue weighted by Gasteiger charge is -2.40. The molecule has 0 aliphatic carbocycles. The molecule has 1 unspecified atom stereocenters. The number of benzene rings is 1. The first kappa shape index (κ1) is 16.5. The molecule has 1 atom stereocenters. The van der Waals surface area contributed by atoms with Crippen molar-refractivity contribution in [2.45, 2.75) is 58.1 Å². The number of carbonyl (C=O) groups excluding carboxylic acids is 1. The number of carbonyl (C=O) groups is 1. The highest BCUT2D eigenvalue weighted by molar-refractivity contribution is 9.10. The molecule has 1 aliphatic heterocycles. The summed E-state index contributed by atoms with van der Waals surface area (Å²) in [6, 6.07) is 5.93. The van der Waals surface area contributed by atoms with Gasteiger partial charge in [-0.3, -0.25) is 4.79 Å². The van der Waals surface area contributed by atoms with Gasteiger partial charge in [-0.15, -0.1) is 0 Å². The third-order valence-electron chi connectivity index (χ3n) is 4.55. The number of hydrogen-bond acceptors (Lipinski definition) is 2. The molecule has 2 rings (SSSR count). The molecule has 0 saturated carbocycles. The van der Waals surface area contributed by atoms with E-state index in [9.17, 15) is 4.79 Å². The Bertz CT molecular complexity index is 512. The molecule has 1 heterocycles. The van der Waals surface area contributed by atoms with Crippen LogP contribution in [-0.4, -0.2) is 24.2 Å². The van der Waals surface area contributed by atoms with Crippen molar-refractivity contribution < 1.29 is 9.53 Å². The Kier molecular flexibility index (Phi) is 5.44. The van der Waals surface area contributed by atoms with Crippen LogP contribution in [0.1, 0.15) is 55.5 Å². The van der Waals surface area contributed by atoms with E-state index in [1.165, 1.54) is 0 Å². The lowest BCUT2D eigenvalue weighted by atomic mass is 9.86. The number of nitrogens with one attached hydrogen (secondary N) is 1. The van der Waals surface area contributed by atoms with Crippen molar-refractivity contribution in [1.82, 2.24) is 5.32 Å². The van der Waals surface area contributed by atoms with Crippen molar-refractivity contribution in [1.29, 1.82) is 0 Å². The molecule has 1 fully saturated rings. The van der Waals surface area contributed by atoms with E-state index in [0.29, 0.717) is 5.56 Å². The van der Waals surface area contributed by atoms with Gasteiger partial charge >= 0.3 is 0 Å². The molecule has 116 valence electrons. The van der Waals surface area contributed by atoms with Crippen molar-refractivity contribution in [3.05, 3.63) is 33.8 Å². The van der Waals surface area contributed by atoms with Gasteiger partial charge in [0.05, 0.1) is 5.60 Å². The molecule has 0 bridgehead atoms. The smallest absolute Gasteiger partial charge is 0.251 e. The van der Waals surface area contributed by atoms with Gasteiger partial charge in [0, 0.05) is 22.7 Å². The van der Waals surface area contributed by atoms with Crippen LogP contribution in [0.15, 0.2) is 22.7 Å². The predicted molar refractivity (Wildman–Crippen MR) is 88.6 cm³/mol. The van der Waals surface area contributed by atoms with Crippen molar-refractivity contribution in [2.24, 2.45) is 0 Å². The molecule has 4 heteroatoms. The first-order valence-corrected chi connectivity index (χ1v) is 8.50. The second kappa shape index (κ2) is 6.93. The van der Waals surface area contributed by atoms with E-state index in [4.69, 9.17) is 4.74 Å². The Morgan fingerprint density at radius 3 is 2.76 bits per heavy atom. The summed E-state index contributed by atoms with van der Waals surface area (Å²) in [5, 5.41) is 3.17. The summed E-state index contributed by atoms with van der Waals surface area (Å²) in [7, 11) is 0. The normalized spacial score (nSPS) is 21.0. The molecule has 0 radical (unpaired) electrons. The zero-order chi connectivity index (χ0) is 15.5. The summed E-state index contributed by atoms with van der Waals surface area (Å²) in [6.45, 7) is 7.06. The van der Waals surface area contributed by atoms with Crippen LogP contribution in [-0.2, 0) is 4.74 Å². The Hall–Kier alpha value is -0.870. The molecule has 0 aromatic heterocycles. The van der Waals surface area contributed by atoms with E-state index in [0.717, 1.165) is 42.3 Å². The summed E-state index contributed by atoms with van der Waals surface area (Å²) in [5.41, 5.74) is 1.77. The Labute approximate surface area is 135 Å². The lowest BCUT2D eigenvalue weighted by molar-refractivity contribution is -0.0917. The van der Waals surface area contributed by atoms with E-state index in [2.05, 4.69) is 35.1 Å². The molecular formula is C17H24BrNO2. The summed E-state index contributed by atoms with van der Waals surface area (Å²) in [5.74, 6) is 0.00343. The Balaban J connectivity index is 2.03. The lowest BCUT2D eigenvalue weighted by Crippen LogP contribution is -2.48. The van der Waals surface area contributed by atoms with Crippen LogP contribution in [0.3, 0.4) is 0 Å². The second-order valence-corrected chi connectivity index (χ2v) is 6.72. The Morgan fingerprint density at radius 1 is 1.43 bits per heavy atom. The van der Waals surface area contributed by atoms with Gasteiger partial charge in [0.2, 0.25) is 0 Å². The van der Waals surface area contributed by atoms with Crippen LogP contribution in [0.5, 0.6) is 0 Å². The zero-order valence-electron chi connectivity index (χ0n) is 13.0. The van der Waals surface area contributed by atoms with Gasteiger partial charge in [0.1, 0.15) is 0 Å². The van der Waals surface area contributed by atoms with Crippen molar-refractivity contribution in [2.75, 3.05) is 6.61 Å². The highest BCUT2D eigenvalue weighted by Crippen LogP contribution is 2.31. The number of ether oxygens (including phenoxy) is 1. The van der Waals surface area contributed by atoms with Crippen LogP contribution in [0.2, 0.25) is 0 Å². The standard InChI is InChI=1S/C17H24BrNO2/c1-4-17(5-2)11-14(8-9-21-17)19-16(20)13-7-6-12(3)15(18)10-13/h6-7,10,14H,4-5,8-9,11H2,1-3H3,(H,19,20). The van der Waals surface area contributed by atoms with Gasteiger partial charge in [-0.05, 0) is 50.3 Å². The van der Waals surface area contributed by atoms with Crippen LogP contribution >= 0.6 is 15.9 Å². The average molecular weight is 354 g/mol. The molecule has 0 spiro atoms. The minimum absolute atomic E-state index is 0.00343. The van der Waals surface area contributed by atoms with E-state index in [1.54, 1.807) is 0 Å². The minimum Gasteiger partial charge on any atom is -0.375 e. The van der Waals surface area contributed by atoms with Crippen LogP contribution in [0, 0.1) is 6.92 Å². The molecule has 1 aromatic rings. The summed E-state index contributed by atoms with van der Waals surface area (Å²) >= 11 is 3.48. The first-order chi connectivity index (χ1) is 9.99. The molecule has 1 aromatic carbocycles. The monoisotopic (exact) mass is 353 g/mol. The maximum atomic E-state index is 12.4. The predicted octanol–water partition coefficient (Wildman–Crippen LogP) is 4.23. The fourth-order valence-electron chi connectivity index (χ4n) is 2.90. The van der Waals surface area contributed by atoms with Crippen LogP contribution in [0.4, 0.5) is 0 Å².